The summed E-state index contributed by atoms with van der Waals surface area (Å²) in [6.45, 7) is 6.03. The zero-order valence-electron chi connectivity index (χ0n) is 12.7. The molecule has 0 aromatic heterocycles. The molecule has 21 heavy (non-hydrogen) atoms. The molecule has 1 rings (SSSR count). The molecular weight excluding hydrogens is 290 g/mol. The number of amides is 2. The topological polar surface area (TPSA) is 84.2 Å². The summed E-state index contributed by atoms with van der Waals surface area (Å²) in [6, 6.07) is 6.89. The maximum absolute atomic E-state index is 11.7. The fraction of sp³-hybridized carbons (Fsp3) is 0.467. The smallest absolute Gasteiger partial charge is 0.236 e. The van der Waals surface area contributed by atoms with Crippen LogP contribution in [0.2, 0.25) is 0 Å². The molecule has 0 heterocycles. The van der Waals surface area contributed by atoms with Crippen molar-refractivity contribution >= 4 is 29.9 Å². The summed E-state index contributed by atoms with van der Waals surface area (Å²) in [5.74, 6) is 0.125. The first-order valence-electron chi connectivity index (χ1n) is 6.80. The molecule has 118 valence electrons. The lowest BCUT2D eigenvalue weighted by molar-refractivity contribution is -0.122. The van der Waals surface area contributed by atoms with E-state index in [2.05, 4.69) is 10.6 Å². The van der Waals surface area contributed by atoms with Crippen LogP contribution in [0.3, 0.4) is 0 Å². The molecular formula is C15H24ClN3O2. The summed E-state index contributed by atoms with van der Waals surface area (Å²) in [5.41, 5.74) is 7.13. The van der Waals surface area contributed by atoms with E-state index in [1.54, 1.807) is 6.92 Å². The van der Waals surface area contributed by atoms with Gasteiger partial charge in [-0.2, -0.15) is 0 Å². The van der Waals surface area contributed by atoms with Crippen LogP contribution in [0.25, 0.3) is 0 Å². The summed E-state index contributed by atoms with van der Waals surface area (Å²) in [6.07, 6.45) is 0.492. The Bertz CT molecular complexity index is 476. The number of hydrogen-bond acceptors (Lipinski definition) is 3. The molecule has 5 nitrogen and oxygen atoms in total. The van der Waals surface area contributed by atoms with E-state index in [1.807, 2.05) is 38.1 Å². The van der Waals surface area contributed by atoms with Gasteiger partial charge < -0.3 is 16.4 Å². The molecule has 0 aliphatic rings. The average Bonchev–Trinajstić information content (AvgIpc) is 2.35. The van der Waals surface area contributed by atoms with E-state index in [1.165, 1.54) is 0 Å². The van der Waals surface area contributed by atoms with Crippen molar-refractivity contribution in [2.75, 3.05) is 5.32 Å². The molecule has 0 unspecified atom stereocenters. The molecule has 0 saturated carbocycles. The molecule has 0 fully saturated rings. The summed E-state index contributed by atoms with van der Waals surface area (Å²) < 4.78 is 0. The number of nitrogens with two attached hydrogens (primary N) is 1. The van der Waals surface area contributed by atoms with Crippen molar-refractivity contribution in [1.82, 2.24) is 5.32 Å². The number of rotatable bonds is 6. The summed E-state index contributed by atoms with van der Waals surface area (Å²) >= 11 is 0. The molecule has 4 N–H and O–H groups in total. The normalized spacial score (nSPS) is 11.5. The third-order valence-electron chi connectivity index (χ3n) is 2.68. The van der Waals surface area contributed by atoms with Gasteiger partial charge in [-0.05, 0) is 30.5 Å². The Morgan fingerprint density at radius 1 is 1.24 bits per heavy atom. The fourth-order valence-electron chi connectivity index (χ4n) is 1.69. The van der Waals surface area contributed by atoms with Crippen molar-refractivity contribution in [2.24, 2.45) is 11.7 Å². The lowest BCUT2D eigenvalue weighted by Crippen LogP contribution is -2.37. The highest BCUT2D eigenvalue weighted by atomic mass is 35.5. The van der Waals surface area contributed by atoms with Gasteiger partial charge in [0.25, 0.3) is 0 Å². The number of anilines is 1. The van der Waals surface area contributed by atoms with Crippen LogP contribution in [0.4, 0.5) is 5.69 Å². The van der Waals surface area contributed by atoms with Crippen LogP contribution < -0.4 is 16.4 Å². The highest BCUT2D eigenvalue weighted by molar-refractivity contribution is 5.90. The quantitative estimate of drug-likeness (QED) is 0.751. The number of nitrogens with one attached hydrogen (secondary N) is 2. The van der Waals surface area contributed by atoms with Crippen LogP contribution >= 0.6 is 12.4 Å². The van der Waals surface area contributed by atoms with Crippen molar-refractivity contribution in [3.8, 4) is 0 Å². The summed E-state index contributed by atoms with van der Waals surface area (Å²) in [7, 11) is 0. The van der Waals surface area contributed by atoms with E-state index in [9.17, 15) is 9.59 Å². The predicted octanol–water partition coefficient (Wildman–Crippen LogP) is 2.06. The van der Waals surface area contributed by atoms with Gasteiger partial charge in [-0.15, -0.1) is 12.4 Å². The van der Waals surface area contributed by atoms with E-state index < -0.39 is 6.04 Å². The van der Waals surface area contributed by atoms with E-state index in [-0.39, 0.29) is 24.2 Å². The van der Waals surface area contributed by atoms with Crippen LogP contribution in [-0.4, -0.2) is 17.9 Å². The zero-order chi connectivity index (χ0) is 15.1. The van der Waals surface area contributed by atoms with Crippen LogP contribution in [-0.2, 0) is 16.1 Å². The Balaban J connectivity index is 0.00000400. The number of halogens is 1. The molecule has 1 aromatic carbocycles. The minimum atomic E-state index is -0.524. The maximum atomic E-state index is 11.7. The minimum Gasteiger partial charge on any atom is -0.351 e. The van der Waals surface area contributed by atoms with Crippen LogP contribution in [0.5, 0.6) is 0 Å². The molecule has 2 amide bonds. The summed E-state index contributed by atoms with van der Waals surface area (Å²) in [5, 5.41) is 5.58. The van der Waals surface area contributed by atoms with Gasteiger partial charge in [0.1, 0.15) is 0 Å². The summed E-state index contributed by atoms with van der Waals surface area (Å²) in [4.78, 5) is 23.1. The number of carbonyl (C=O) groups is 2. The third kappa shape index (κ3) is 7.68. The van der Waals surface area contributed by atoms with Crippen molar-refractivity contribution in [3.63, 3.8) is 0 Å². The minimum absolute atomic E-state index is 0. The van der Waals surface area contributed by atoms with Gasteiger partial charge in [0.15, 0.2) is 0 Å². The van der Waals surface area contributed by atoms with Crippen LogP contribution in [0.1, 0.15) is 32.8 Å². The molecule has 0 aliphatic carbocycles. The Hall–Kier alpha value is -1.59. The predicted molar refractivity (Wildman–Crippen MR) is 87.3 cm³/mol. The molecule has 0 saturated heterocycles. The van der Waals surface area contributed by atoms with Crippen molar-refractivity contribution in [1.29, 1.82) is 0 Å². The molecule has 0 bridgehead atoms. The maximum Gasteiger partial charge on any atom is 0.236 e. The molecule has 0 aliphatic heterocycles. The van der Waals surface area contributed by atoms with Crippen molar-refractivity contribution < 1.29 is 9.59 Å². The van der Waals surface area contributed by atoms with Gasteiger partial charge in [0.05, 0.1) is 6.04 Å². The fourth-order valence-corrected chi connectivity index (χ4v) is 1.69. The first kappa shape index (κ1) is 19.4. The molecule has 0 spiro atoms. The van der Waals surface area contributed by atoms with Crippen molar-refractivity contribution in [3.05, 3.63) is 29.8 Å². The van der Waals surface area contributed by atoms with Gasteiger partial charge in [0.2, 0.25) is 11.8 Å². The second kappa shape index (κ2) is 9.37. The van der Waals surface area contributed by atoms with E-state index in [4.69, 9.17) is 5.73 Å². The van der Waals surface area contributed by atoms with E-state index >= 15 is 0 Å². The first-order valence-corrected chi connectivity index (χ1v) is 6.80. The lowest BCUT2D eigenvalue weighted by atomic mass is 10.1. The zero-order valence-corrected chi connectivity index (χ0v) is 13.5. The molecule has 0 radical (unpaired) electrons. The second-order valence-electron chi connectivity index (χ2n) is 5.35. The standard InChI is InChI=1S/C15H23N3O2.ClH/c1-10(2)7-14(19)18-13-6-4-5-12(8-13)9-17-15(20)11(3)16;/h4-6,8,10-11H,7,9,16H2,1-3H3,(H,17,20)(H,18,19);1H/t11-;/m0./s1. The molecule has 6 heteroatoms. The van der Waals surface area contributed by atoms with Gasteiger partial charge in [-0.3, -0.25) is 9.59 Å². The highest BCUT2D eigenvalue weighted by Gasteiger charge is 2.08. The third-order valence-corrected chi connectivity index (χ3v) is 2.68. The van der Waals surface area contributed by atoms with Gasteiger partial charge >= 0.3 is 0 Å². The average molecular weight is 314 g/mol. The van der Waals surface area contributed by atoms with Gasteiger partial charge in [-0.25, -0.2) is 0 Å². The Kier molecular flexibility index (Phi) is 8.66. The molecule has 1 aromatic rings. The van der Waals surface area contributed by atoms with Crippen molar-refractivity contribution in [2.45, 2.75) is 39.8 Å². The Labute approximate surface area is 132 Å². The highest BCUT2D eigenvalue weighted by Crippen LogP contribution is 2.12. The Morgan fingerprint density at radius 3 is 2.48 bits per heavy atom. The number of carbonyl (C=O) groups excluding carboxylic acids is 2. The monoisotopic (exact) mass is 313 g/mol. The van der Waals surface area contributed by atoms with Crippen LogP contribution in [0.15, 0.2) is 24.3 Å². The lowest BCUT2D eigenvalue weighted by Gasteiger charge is -2.10. The number of benzene rings is 1. The van der Waals surface area contributed by atoms with Crippen LogP contribution in [0, 0.1) is 5.92 Å². The number of hydrogen-bond donors (Lipinski definition) is 3. The van der Waals surface area contributed by atoms with Gasteiger partial charge in [0, 0.05) is 18.7 Å². The SMILES string of the molecule is CC(C)CC(=O)Nc1cccc(CNC(=O)[C@H](C)N)c1.Cl. The van der Waals surface area contributed by atoms with E-state index in [0.717, 1.165) is 11.3 Å². The van der Waals surface area contributed by atoms with E-state index in [0.29, 0.717) is 18.9 Å². The Morgan fingerprint density at radius 2 is 1.90 bits per heavy atom. The first-order chi connectivity index (χ1) is 9.38. The van der Waals surface area contributed by atoms with Gasteiger partial charge in [-0.1, -0.05) is 26.0 Å². The largest absolute Gasteiger partial charge is 0.351 e. The molecule has 1 atom stereocenters. The second-order valence-corrected chi connectivity index (χ2v) is 5.35.